The number of methoxy groups -OCH3 is 1. The Morgan fingerprint density at radius 1 is 1.50 bits per heavy atom. The fraction of sp³-hybridized carbons (Fsp3) is 0.500. The van der Waals surface area contributed by atoms with Gasteiger partial charge in [0.05, 0.1) is 12.7 Å². The highest BCUT2D eigenvalue weighted by Crippen LogP contribution is 2.19. The van der Waals surface area contributed by atoms with Crippen LogP contribution in [0, 0.1) is 0 Å². The minimum Gasteiger partial charge on any atom is -0.389 e. The van der Waals surface area contributed by atoms with E-state index < -0.39 is 6.10 Å². The third-order valence-electron chi connectivity index (χ3n) is 3.21. The number of nitrogens with zero attached hydrogens (tertiary/aromatic N) is 2. The van der Waals surface area contributed by atoms with Gasteiger partial charge in [0.1, 0.15) is 5.82 Å². The fourth-order valence-corrected chi connectivity index (χ4v) is 2.07. The molecule has 98 valence electrons. The number of pyridine rings is 1. The highest BCUT2D eigenvalue weighted by Gasteiger charge is 2.13. The molecule has 1 atom stereocenters. The lowest BCUT2D eigenvalue weighted by Gasteiger charge is -2.27. The van der Waals surface area contributed by atoms with E-state index in [0.717, 1.165) is 37.5 Å². The van der Waals surface area contributed by atoms with Gasteiger partial charge in [0.2, 0.25) is 0 Å². The van der Waals surface area contributed by atoms with Gasteiger partial charge in [-0.3, -0.25) is 0 Å². The summed E-state index contributed by atoms with van der Waals surface area (Å²) in [5.41, 5.74) is 2.21. The van der Waals surface area contributed by atoms with Crippen molar-refractivity contribution in [1.82, 2.24) is 4.98 Å². The Balaban J connectivity index is 2.01. The monoisotopic (exact) mass is 248 g/mol. The van der Waals surface area contributed by atoms with Crippen molar-refractivity contribution in [2.24, 2.45) is 0 Å². The Morgan fingerprint density at radius 2 is 2.33 bits per heavy atom. The summed E-state index contributed by atoms with van der Waals surface area (Å²) in [6.07, 6.45) is 4.51. The van der Waals surface area contributed by atoms with Gasteiger partial charge in [-0.2, -0.15) is 0 Å². The minimum atomic E-state index is -0.457. The molecule has 0 aliphatic carbocycles. The zero-order valence-electron chi connectivity index (χ0n) is 11.0. The predicted octanol–water partition coefficient (Wildman–Crippen LogP) is 1.92. The van der Waals surface area contributed by atoms with Gasteiger partial charge in [0, 0.05) is 26.4 Å². The zero-order chi connectivity index (χ0) is 13.0. The maximum atomic E-state index is 9.44. The predicted molar refractivity (Wildman–Crippen MR) is 71.7 cm³/mol. The van der Waals surface area contributed by atoms with Gasteiger partial charge in [0.15, 0.2) is 0 Å². The van der Waals surface area contributed by atoms with E-state index in [4.69, 9.17) is 4.74 Å². The first kappa shape index (κ1) is 13.1. The third kappa shape index (κ3) is 3.09. The molecule has 0 bridgehead atoms. The molecule has 4 nitrogen and oxygen atoms in total. The summed E-state index contributed by atoms with van der Waals surface area (Å²) in [6, 6.07) is 3.90. The number of aromatic nitrogens is 1. The second kappa shape index (κ2) is 5.98. The van der Waals surface area contributed by atoms with Crippen molar-refractivity contribution in [3.63, 3.8) is 0 Å². The first-order valence-corrected chi connectivity index (χ1v) is 6.26. The van der Waals surface area contributed by atoms with Crippen molar-refractivity contribution in [2.75, 3.05) is 31.7 Å². The normalized spacial score (nSPS) is 17.5. The maximum absolute atomic E-state index is 9.44. The van der Waals surface area contributed by atoms with Gasteiger partial charge in [-0.15, -0.1) is 0 Å². The Kier molecular flexibility index (Phi) is 4.33. The van der Waals surface area contributed by atoms with Crippen molar-refractivity contribution in [3.8, 4) is 0 Å². The number of ether oxygens (including phenoxy) is 1. The largest absolute Gasteiger partial charge is 0.389 e. The van der Waals surface area contributed by atoms with E-state index >= 15 is 0 Å². The molecule has 1 aromatic rings. The average Bonchev–Trinajstić information content (AvgIpc) is 2.40. The molecular weight excluding hydrogens is 228 g/mol. The number of aliphatic hydroxyl groups excluding tert-OH is 1. The highest BCUT2D eigenvalue weighted by atomic mass is 16.5. The smallest absolute Gasteiger partial charge is 0.128 e. The van der Waals surface area contributed by atoms with Crippen LogP contribution in [0.25, 0.3) is 0 Å². The van der Waals surface area contributed by atoms with Crippen LogP contribution < -0.4 is 4.90 Å². The van der Waals surface area contributed by atoms with E-state index in [1.807, 2.05) is 12.1 Å². The van der Waals surface area contributed by atoms with Crippen molar-refractivity contribution >= 4 is 5.82 Å². The molecule has 0 unspecified atom stereocenters. The van der Waals surface area contributed by atoms with Crippen molar-refractivity contribution in [3.05, 3.63) is 35.5 Å². The Labute approximate surface area is 108 Å². The summed E-state index contributed by atoms with van der Waals surface area (Å²) < 4.78 is 5.13. The lowest BCUT2D eigenvalue weighted by Crippen LogP contribution is -2.30. The van der Waals surface area contributed by atoms with Gasteiger partial charge in [-0.1, -0.05) is 12.1 Å². The van der Waals surface area contributed by atoms with Crippen LogP contribution in [-0.4, -0.2) is 36.9 Å². The molecule has 0 radical (unpaired) electrons. The standard InChI is InChI=1S/C14H20N2O2/c1-11(17)13-3-4-14(15-9-13)16-7-5-12(6-8-16)10-18-2/h3-5,9,11,17H,6-8,10H2,1-2H3/t11-/m0/s1. The quantitative estimate of drug-likeness (QED) is 0.827. The third-order valence-corrected chi connectivity index (χ3v) is 3.21. The highest BCUT2D eigenvalue weighted by molar-refractivity contribution is 5.42. The van der Waals surface area contributed by atoms with E-state index in [9.17, 15) is 5.11 Å². The van der Waals surface area contributed by atoms with E-state index in [1.54, 1.807) is 20.2 Å². The molecule has 0 fully saturated rings. The van der Waals surface area contributed by atoms with Gasteiger partial charge in [-0.25, -0.2) is 4.98 Å². The molecule has 0 aromatic carbocycles. The molecular formula is C14H20N2O2. The van der Waals surface area contributed by atoms with Crippen LogP contribution in [0.2, 0.25) is 0 Å². The molecule has 1 N–H and O–H groups in total. The average molecular weight is 248 g/mol. The fourth-order valence-electron chi connectivity index (χ4n) is 2.07. The molecule has 1 aromatic heterocycles. The lowest BCUT2D eigenvalue weighted by atomic mass is 10.1. The second-order valence-corrected chi connectivity index (χ2v) is 4.62. The van der Waals surface area contributed by atoms with E-state index in [-0.39, 0.29) is 0 Å². The molecule has 0 amide bonds. The Morgan fingerprint density at radius 3 is 2.83 bits per heavy atom. The molecule has 18 heavy (non-hydrogen) atoms. The summed E-state index contributed by atoms with van der Waals surface area (Å²) in [6.45, 7) is 4.31. The number of anilines is 1. The molecule has 4 heteroatoms. The van der Waals surface area contributed by atoms with Gasteiger partial charge < -0.3 is 14.7 Å². The minimum absolute atomic E-state index is 0.457. The summed E-state index contributed by atoms with van der Waals surface area (Å²) in [5, 5.41) is 9.44. The van der Waals surface area contributed by atoms with Crippen LogP contribution in [-0.2, 0) is 4.74 Å². The summed E-state index contributed by atoms with van der Waals surface area (Å²) in [4.78, 5) is 6.63. The number of rotatable bonds is 4. The van der Waals surface area contributed by atoms with Crippen LogP contribution in [0.3, 0.4) is 0 Å². The summed E-state index contributed by atoms with van der Waals surface area (Å²) in [5.74, 6) is 0.965. The van der Waals surface area contributed by atoms with Crippen molar-refractivity contribution in [2.45, 2.75) is 19.4 Å². The lowest BCUT2D eigenvalue weighted by molar-refractivity contribution is 0.199. The maximum Gasteiger partial charge on any atom is 0.128 e. The summed E-state index contributed by atoms with van der Waals surface area (Å²) >= 11 is 0. The molecule has 2 heterocycles. The van der Waals surface area contributed by atoms with Crippen LogP contribution in [0.1, 0.15) is 25.0 Å². The first-order valence-electron chi connectivity index (χ1n) is 6.26. The Hall–Kier alpha value is -1.39. The van der Waals surface area contributed by atoms with Crippen LogP contribution >= 0.6 is 0 Å². The van der Waals surface area contributed by atoms with E-state index in [0.29, 0.717) is 0 Å². The van der Waals surface area contributed by atoms with Gasteiger partial charge in [0.25, 0.3) is 0 Å². The molecule has 1 aliphatic rings. The first-order chi connectivity index (χ1) is 8.70. The van der Waals surface area contributed by atoms with Crippen LogP contribution in [0.4, 0.5) is 5.82 Å². The van der Waals surface area contributed by atoms with E-state index in [1.165, 1.54) is 5.57 Å². The topological polar surface area (TPSA) is 45.6 Å². The van der Waals surface area contributed by atoms with Gasteiger partial charge in [-0.05, 0) is 30.5 Å². The molecule has 0 saturated carbocycles. The van der Waals surface area contributed by atoms with Crippen molar-refractivity contribution in [1.29, 1.82) is 0 Å². The molecule has 2 rings (SSSR count). The zero-order valence-corrected chi connectivity index (χ0v) is 11.0. The van der Waals surface area contributed by atoms with E-state index in [2.05, 4.69) is 16.0 Å². The van der Waals surface area contributed by atoms with Crippen LogP contribution in [0.15, 0.2) is 30.0 Å². The number of hydrogen-bond acceptors (Lipinski definition) is 4. The molecule has 0 saturated heterocycles. The SMILES string of the molecule is COCC1=CCN(c2ccc([C@H](C)O)cn2)CC1. The summed E-state index contributed by atoms with van der Waals surface area (Å²) in [7, 11) is 1.73. The van der Waals surface area contributed by atoms with Crippen molar-refractivity contribution < 1.29 is 9.84 Å². The molecule has 1 aliphatic heterocycles. The van der Waals surface area contributed by atoms with Crippen LogP contribution in [0.5, 0.6) is 0 Å². The van der Waals surface area contributed by atoms with Gasteiger partial charge >= 0.3 is 0 Å². The number of hydrogen-bond donors (Lipinski definition) is 1. The Bertz CT molecular complexity index is 412. The second-order valence-electron chi connectivity index (χ2n) is 4.62. The number of aliphatic hydroxyl groups is 1. The molecule has 0 spiro atoms.